The normalized spacial score (nSPS) is 10.7. The molecule has 0 radical (unpaired) electrons. The molecule has 0 N–H and O–H groups in total. The van der Waals surface area contributed by atoms with Crippen LogP contribution < -0.4 is 0 Å². The lowest BCUT2D eigenvalue weighted by Gasteiger charge is -1.92. The molecule has 0 amide bonds. The number of aromatic nitrogens is 2. The Bertz CT molecular complexity index is 398. The average Bonchev–Trinajstić information content (AvgIpc) is 2.34. The van der Waals surface area contributed by atoms with E-state index in [-0.39, 0.29) is 0 Å². The van der Waals surface area contributed by atoms with Crippen molar-refractivity contribution in [1.82, 2.24) is 9.97 Å². The van der Waals surface area contributed by atoms with Crippen LogP contribution in [0.25, 0.3) is 10.2 Å². The third-order valence-electron chi connectivity index (χ3n) is 1.23. The Balaban J connectivity index is 2.91. The maximum atomic E-state index is 4.28. The summed E-state index contributed by atoms with van der Waals surface area (Å²) in [5, 5.41) is 2.04. The van der Waals surface area contributed by atoms with Crippen LogP contribution in [0.15, 0.2) is 11.4 Å². The van der Waals surface area contributed by atoms with Gasteiger partial charge < -0.3 is 0 Å². The van der Waals surface area contributed by atoms with Gasteiger partial charge in [-0.2, -0.15) is 0 Å². The highest BCUT2D eigenvalue weighted by atomic mass is 127. The minimum atomic E-state index is 0.818. The van der Waals surface area contributed by atoms with Gasteiger partial charge in [0.1, 0.15) is 3.70 Å². The fourth-order valence-corrected chi connectivity index (χ4v) is 3.36. The van der Waals surface area contributed by atoms with Crippen molar-refractivity contribution >= 4 is 66.7 Å². The molecule has 0 aliphatic carbocycles. The molecule has 0 aromatic carbocycles. The second-order valence-electron chi connectivity index (χ2n) is 1.92. The van der Waals surface area contributed by atoms with Crippen molar-refractivity contribution in [2.45, 2.75) is 0 Å². The van der Waals surface area contributed by atoms with E-state index >= 15 is 0 Å². The second-order valence-corrected chi connectivity index (χ2v) is 4.82. The predicted octanol–water partition coefficient (Wildman–Crippen LogP) is 2.90. The third kappa shape index (κ3) is 1.50. The molecule has 2 aromatic rings. The number of fused-ring (bicyclic) bond motifs is 1. The van der Waals surface area contributed by atoms with Crippen molar-refractivity contribution in [2.24, 2.45) is 0 Å². The van der Waals surface area contributed by atoms with Crippen LogP contribution in [0.3, 0.4) is 0 Å². The second kappa shape index (κ2) is 3.09. The average molecular weight is 388 g/mol. The molecule has 5 heteroatoms. The Hall–Kier alpha value is 0.500. The van der Waals surface area contributed by atoms with Crippen LogP contribution in [0.1, 0.15) is 0 Å². The van der Waals surface area contributed by atoms with E-state index in [1.54, 1.807) is 11.3 Å². The van der Waals surface area contributed by atoms with Gasteiger partial charge in [-0.3, -0.25) is 0 Å². The van der Waals surface area contributed by atoms with Gasteiger partial charge in [-0.25, -0.2) is 9.97 Å². The molecule has 0 saturated carbocycles. The zero-order valence-corrected chi connectivity index (χ0v) is 10.3. The predicted molar refractivity (Wildman–Crippen MR) is 62.8 cm³/mol. The van der Waals surface area contributed by atoms with E-state index in [0.717, 1.165) is 13.0 Å². The molecular formula is C6H2I2N2S. The molecule has 0 fully saturated rings. The molecule has 0 spiro atoms. The molecule has 0 aliphatic heterocycles. The van der Waals surface area contributed by atoms with Crippen LogP contribution in [0, 0.1) is 7.53 Å². The Morgan fingerprint density at radius 1 is 1.27 bits per heavy atom. The number of thiophene rings is 1. The van der Waals surface area contributed by atoms with E-state index in [2.05, 4.69) is 55.1 Å². The first-order valence-electron chi connectivity index (χ1n) is 2.83. The minimum absolute atomic E-state index is 0.818. The number of nitrogens with zero attached hydrogens (tertiary/aromatic N) is 2. The van der Waals surface area contributed by atoms with Crippen LogP contribution in [0.5, 0.6) is 0 Å². The summed E-state index contributed by atoms with van der Waals surface area (Å²) in [6.07, 6.45) is 0. The Labute approximate surface area is 94.7 Å². The molecule has 56 valence electrons. The van der Waals surface area contributed by atoms with Gasteiger partial charge in [0, 0.05) is 22.6 Å². The van der Waals surface area contributed by atoms with Gasteiger partial charge in [-0.05, 0) is 34.0 Å². The van der Waals surface area contributed by atoms with Gasteiger partial charge in [0.25, 0.3) is 0 Å². The van der Waals surface area contributed by atoms with Crippen LogP contribution in [0.2, 0.25) is 0 Å². The van der Waals surface area contributed by atoms with Crippen molar-refractivity contribution in [3.63, 3.8) is 0 Å². The standard InChI is InChI=1S/C6H2I2N2S/c7-5-4-3(1-2-11-4)9-6(8)10-5/h1-2H. The van der Waals surface area contributed by atoms with E-state index in [0.29, 0.717) is 0 Å². The number of hydrogen-bond acceptors (Lipinski definition) is 3. The quantitative estimate of drug-likeness (QED) is 0.394. The Kier molecular flexibility index (Phi) is 2.28. The monoisotopic (exact) mass is 388 g/mol. The Morgan fingerprint density at radius 2 is 2.09 bits per heavy atom. The van der Waals surface area contributed by atoms with Gasteiger partial charge in [0.05, 0.1) is 10.2 Å². The van der Waals surface area contributed by atoms with Crippen molar-refractivity contribution in [3.05, 3.63) is 19.0 Å². The summed E-state index contributed by atoms with van der Waals surface area (Å²) in [6, 6.07) is 2.02. The maximum absolute atomic E-state index is 4.28. The number of hydrogen-bond donors (Lipinski definition) is 0. The lowest BCUT2D eigenvalue weighted by molar-refractivity contribution is 1.13. The molecule has 2 nitrogen and oxygen atoms in total. The first-order valence-corrected chi connectivity index (χ1v) is 5.87. The smallest absolute Gasteiger partial charge is 0.192 e. The first-order chi connectivity index (χ1) is 5.27. The summed E-state index contributed by atoms with van der Waals surface area (Å²) in [4.78, 5) is 8.52. The lowest BCUT2D eigenvalue weighted by Crippen LogP contribution is -1.88. The molecule has 0 aliphatic rings. The SMILES string of the molecule is Ic1nc(I)c2sccc2n1. The highest BCUT2D eigenvalue weighted by Gasteiger charge is 2.03. The zero-order chi connectivity index (χ0) is 7.84. The summed E-state index contributed by atoms with van der Waals surface area (Å²) in [5.41, 5.74) is 1.05. The van der Waals surface area contributed by atoms with Crippen molar-refractivity contribution < 1.29 is 0 Å². The lowest BCUT2D eigenvalue weighted by atomic mass is 10.5. The molecule has 0 saturated heterocycles. The van der Waals surface area contributed by atoms with Crippen molar-refractivity contribution in [3.8, 4) is 0 Å². The van der Waals surface area contributed by atoms with Gasteiger partial charge in [-0.15, -0.1) is 11.3 Å². The van der Waals surface area contributed by atoms with Gasteiger partial charge in [0.2, 0.25) is 0 Å². The number of halogens is 2. The van der Waals surface area contributed by atoms with Crippen molar-refractivity contribution in [2.75, 3.05) is 0 Å². The van der Waals surface area contributed by atoms with E-state index in [1.165, 1.54) is 4.70 Å². The fraction of sp³-hybridized carbons (Fsp3) is 0. The molecule has 11 heavy (non-hydrogen) atoms. The van der Waals surface area contributed by atoms with Crippen LogP contribution in [-0.2, 0) is 0 Å². The highest BCUT2D eigenvalue weighted by molar-refractivity contribution is 14.1. The highest BCUT2D eigenvalue weighted by Crippen LogP contribution is 2.23. The van der Waals surface area contributed by atoms with Crippen LogP contribution >= 0.6 is 56.5 Å². The van der Waals surface area contributed by atoms with Gasteiger partial charge >= 0.3 is 0 Å². The molecule has 0 unspecified atom stereocenters. The van der Waals surface area contributed by atoms with Crippen LogP contribution in [0.4, 0.5) is 0 Å². The zero-order valence-electron chi connectivity index (χ0n) is 5.21. The van der Waals surface area contributed by atoms with E-state index in [9.17, 15) is 0 Å². The maximum Gasteiger partial charge on any atom is 0.192 e. The molecule has 2 aromatic heterocycles. The fourth-order valence-electron chi connectivity index (χ4n) is 0.801. The summed E-state index contributed by atoms with van der Waals surface area (Å²) >= 11 is 6.05. The van der Waals surface area contributed by atoms with Crippen LogP contribution in [-0.4, -0.2) is 9.97 Å². The first kappa shape index (κ1) is 8.11. The molecule has 2 rings (SSSR count). The topological polar surface area (TPSA) is 25.8 Å². The summed E-state index contributed by atoms with van der Waals surface area (Å²) in [6.45, 7) is 0. The molecule has 2 heterocycles. The summed E-state index contributed by atoms with van der Waals surface area (Å²) < 4.78 is 3.05. The molecule has 0 bridgehead atoms. The summed E-state index contributed by atoms with van der Waals surface area (Å²) in [5.74, 6) is 0. The van der Waals surface area contributed by atoms with E-state index < -0.39 is 0 Å². The van der Waals surface area contributed by atoms with Gasteiger partial charge in [-0.1, -0.05) is 0 Å². The minimum Gasteiger partial charge on any atom is -0.222 e. The Morgan fingerprint density at radius 3 is 2.91 bits per heavy atom. The third-order valence-corrected chi connectivity index (χ3v) is 3.77. The molecule has 0 atom stereocenters. The van der Waals surface area contributed by atoms with E-state index in [1.807, 2.05) is 11.4 Å². The van der Waals surface area contributed by atoms with Crippen molar-refractivity contribution in [1.29, 1.82) is 0 Å². The number of rotatable bonds is 0. The molecular weight excluding hydrogens is 386 g/mol. The van der Waals surface area contributed by atoms with E-state index in [4.69, 9.17) is 0 Å². The largest absolute Gasteiger partial charge is 0.222 e. The van der Waals surface area contributed by atoms with Gasteiger partial charge in [0.15, 0.2) is 3.83 Å². The summed E-state index contributed by atoms with van der Waals surface area (Å²) in [7, 11) is 0.